The lowest BCUT2D eigenvalue weighted by atomic mass is 9.65. The van der Waals surface area contributed by atoms with Crippen molar-refractivity contribution >= 4 is 17.7 Å². The summed E-state index contributed by atoms with van der Waals surface area (Å²) in [5, 5.41) is 0.525. The molecule has 1 aliphatic carbocycles. The Morgan fingerprint density at radius 2 is 2.17 bits per heavy atom. The Labute approximate surface area is 141 Å². The van der Waals surface area contributed by atoms with Gasteiger partial charge in [0, 0.05) is 24.3 Å². The molecule has 1 aromatic heterocycles. The van der Waals surface area contributed by atoms with E-state index in [1.807, 2.05) is 0 Å². The summed E-state index contributed by atoms with van der Waals surface area (Å²) >= 11 is 1.32. The van der Waals surface area contributed by atoms with Crippen LogP contribution in [0.2, 0.25) is 0 Å². The van der Waals surface area contributed by atoms with Crippen LogP contribution in [-0.4, -0.2) is 39.1 Å². The lowest BCUT2D eigenvalue weighted by molar-refractivity contribution is -0.129. The number of nitrogens with one attached hydrogen (secondary N) is 1. The van der Waals surface area contributed by atoms with Gasteiger partial charge < -0.3 is 9.88 Å². The SMILES string of the molecule is Cc1cc(=O)[nH]c(SCC(=O)N2C[C@@]3(C)C[C@@H]2CC(C)(C)C3)n1. The van der Waals surface area contributed by atoms with Crippen molar-refractivity contribution in [1.29, 1.82) is 0 Å². The summed E-state index contributed by atoms with van der Waals surface area (Å²) in [6.07, 6.45) is 3.38. The number of fused-ring (bicyclic) bond motifs is 2. The number of hydrogen-bond acceptors (Lipinski definition) is 4. The predicted octanol–water partition coefficient (Wildman–Crippen LogP) is 2.60. The summed E-state index contributed by atoms with van der Waals surface area (Å²) in [5.41, 5.74) is 1.07. The maximum atomic E-state index is 12.7. The van der Waals surface area contributed by atoms with Crippen molar-refractivity contribution in [1.82, 2.24) is 14.9 Å². The minimum atomic E-state index is -0.168. The number of carbonyl (C=O) groups excluding carboxylic acids is 1. The molecular weight excluding hydrogens is 310 g/mol. The molecule has 3 rings (SSSR count). The van der Waals surface area contributed by atoms with Gasteiger partial charge >= 0.3 is 0 Å². The van der Waals surface area contributed by atoms with E-state index in [0.29, 0.717) is 28.1 Å². The number of hydrogen-bond donors (Lipinski definition) is 1. The molecular formula is C17H25N3O2S. The molecule has 0 unspecified atom stereocenters. The molecule has 0 radical (unpaired) electrons. The first-order valence-corrected chi connectivity index (χ1v) is 9.15. The second-order valence-corrected chi connectivity index (χ2v) is 9.18. The van der Waals surface area contributed by atoms with Gasteiger partial charge in [-0.2, -0.15) is 0 Å². The van der Waals surface area contributed by atoms with Crippen LogP contribution in [0.3, 0.4) is 0 Å². The number of carbonyl (C=O) groups is 1. The molecule has 1 aromatic rings. The lowest BCUT2D eigenvalue weighted by Crippen LogP contribution is -2.38. The van der Waals surface area contributed by atoms with Crippen LogP contribution in [0.25, 0.3) is 0 Å². The van der Waals surface area contributed by atoms with Crippen LogP contribution in [-0.2, 0) is 4.79 Å². The van der Waals surface area contributed by atoms with Crippen LogP contribution in [0.15, 0.2) is 16.0 Å². The Bertz CT molecular complexity index is 685. The first-order valence-electron chi connectivity index (χ1n) is 8.16. The molecule has 2 bridgehead atoms. The average Bonchev–Trinajstić information content (AvgIpc) is 2.64. The van der Waals surface area contributed by atoms with E-state index in [0.717, 1.165) is 19.4 Å². The molecule has 23 heavy (non-hydrogen) atoms. The topological polar surface area (TPSA) is 66.1 Å². The van der Waals surface area contributed by atoms with Crippen molar-refractivity contribution in [2.24, 2.45) is 10.8 Å². The number of amides is 1. The smallest absolute Gasteiger partial charge is 0.251 e. The molecule has 2 fully saturated rings. The molecule has 5 nitrogen and oxygen atoms in total. The fourth-order valence-electron chi connectivity index (χ4n) is 4.58. The first-order chi connectivity index (χ1) is 10.7. The van der Waals surface area contributed by atoms with E-state index in [-0.39, 0.29) is 16.9 Å². The highest BCUT2D eigenvalue weighted by Crippen LogP contribution is 2.52. The largest absolute Gasteiger partial charge is 0.338 e. The van der Waals surface area contributed by atoms with Crippen molar-refractivity contribution < 1.29 is 4.79 Å². The van der Waals surface area contributed by atoms with Crippen molar-refractivity contribution in [2.75, 3.05) is 12.3 Å². The number of aromatic nitrogens is 2. The van der Waals surface area contributed by atoms with Crippen LogP contribution in [0, 0.1) is 17.8 Å². The van der Waals surface area contributed by atoms with Crippen molar-refractivity contribution in [3.8, 4) is 0 Å². The van der Waals surface area contributed by atoms with Gasteiger partial charge in [-0.05, 0) is 37.0 Å². The van der Waals surface area contributed by atoms with E-state index in [9.17, 15) is 9.59 Å². The van der Waals surface area contributed by atoms with Crippen LogP contribution in [0.4, 0.5) is 0 Å². The summed E-state index contributed by atoms with van der Waals surface area (Å²) in [6.45, 7) is 9.57. The molecule has 2 aliphatic rings. The molecule has 0 aromatic carbocycles. The number of rotatable bonds is 3. The second kappa shape index (κ2) is 5.65. The van der Waals surface area contributed by atoms with E-state index in [1.54, 1.807) is 6.92 Å². The Kier molecular flexibility index (Phi) is 4.07. The van der Waals surface area contributed by atoms with Crippen LogP contribution in [0.1, 0.15) is 45.7 Å². The Morgan fingerprint density at radius 3 is 2.87 bits per heavy atom. The monoisotopic (exact) mass is 335 g/mol. The zero-order chi connectivity index (χ0) is 16.8. The van der Waals surface area contributed by atoms with Gasteiger partial charge in [0.1, 0.15) is 0 Å². The minimum absolute atomic E-state index is 0.158. The number of nitrogens with zero attached hydrogens (tertiary/aromatic N) is 2. The van der Waals surface area contributed by atoms with E-state index >= 15 is 0 Å². The van der Waals surface area contributed by atoms with Crippen LogP contribution >= 0.6 is 11.8 Å². The molecule has 1 aliphatic heterocycles. The first kappa shape index (κ1) is 16.6. The van der Waals surface area contributed by atoms with E-state index in [4.69, 9.17) is 0 Å². The Morgan fingerprint density at radius 1 is 1.43 bits per heavy atom. The molecule has 2 heterocycles. The van der Waals surface area contributed by atoms with Gasteiger partial charge in [-0.3, -0.25) is 9.59 Å². The van der Waals surface area contributed by atoms with Gasteiger partial charge in [0.05, 0.1) is 5.75 Å². The normalized spacial score (nSPS) is 28.9. The maximum Gasteiger partial charge on any atom is 0.251 e. The third-order valence-corrected chi connectivity index (χ3v) is 5.77. The third-order valence-electron chi connectivity index (χ3n) is 4.92. The van der Waals surface area contributed by atoms with Gasteiger partial charge in [-0.25, -0.2) is 4.98 Å². The summed E-state index contributed by atoms with van der Waals surface area (Å²) in [5.74, 6) is 0.491. The van der Waals surface area contributed by atoms with Gasteiger partial charge in [-0.1, -0.05) is 32.5 Å². The zero-order valence-corrected chi connectivity index (χ0v) is 15.1. The lowest BCUT2D eigenvalue weighted by Gasteiger charge is -2.39. The molecule has 0 spiro atoms. The molecule has 1 saturated heterocycles. The van der Waals surface area contributed by atoms with Crippen molar-refractivity contribution in [2.45, 2.75) is 58.2 Å². The number of H-pyrrole nitrogens is 1. The number of thioether (sulfide) groups is 1. The Hall–Kier alpha value is -1.30. The predicted molar refractivity (Wildman–Crippen MR) is 91.6 cm³/mol. The van der Waals surface area contributed by atoms with Crippen molar-refractivity contribution in [3.63, 3.8) is 0 Å². The molecule has 1 amide bonds. The van der Waals surface area contributed by atoms with Crippen molar-refractivity contribution in [3.05, 3.63) is 22.1 Å². The second-order valence-electron chi connectivity index (χ2n) is 8.22. The Balaban J connectivity index is 1.66. The molecule has 1 saturated carbocycles. The standard InChI is InChI=1S/C17H25N3O2S/c1-11-5-13(21)19-15(18-11)23-8-14(22)20-10-17(4)7-12(20)6-16(2,3)9-17/h5,12H,6-10H2,1-4H3,(H,18,19,21)/t12-,17-/m0/s1. The highest BCUT2D eigenvalue weighted by molar-refractivity contribution is 7.99. The van der Waals surface area contributed by atoms with E-state index in [2.05, 4.69) is 35.6 Å². The zero-order valence-electron chi connectivity index (χ0n) is 14.3. The van der Waals surface area contributed by atoms with E-state index in [1.165, 1.54) is 24.2 Å². The van der Waals surface area contributed by atoms with Gasteiger partial charge in [0.2, 0.25) is 5.91 Å². The summed E-state index contributed by atoms with van der Waals surface area (Å²) in [6, 6.07) is 1.82. The molecule has 2 atom stereocenters. The number of likely N-dealkylation sites (tertiary alicyclic amines) is 1. The maximum absolute atomic E-state index is 12.7. The fourth-order valence-corrected chi connectivity index (χ4v) is 5.39. The number of aryl methyl sites for hydroxylation is 1. The number of aromatic amines is 1. The van der Waals surface area contributed by atoms with Crippen LogP contribution < -0.4 is 5.56 Å². The van der Waals surface area contributed by atoms with Gasteiger partial charge in [-0.15, -0.1) is 0 Å². The quantitative estimate of drug-likeness (QED) is 0.681. The fraction of sp³-hybridized carbons (Fsp3) is 0.706. The molecule has 1 N–H and O–H groups in total. The highest BCUT2D eigenvalue weighted by Gasteiger charge is 2.50. The van der Waals surface area contributed by atoms with Gasteiger partial charge in [0.25, 0.3) is 5.56 Å². The summed E-state index contributed by atoms with van der Waals surface area (Å²) in [7, 11) is 0. The summed E-state index contributed by atoms with van der Waals surface area (Å²) in [4.78, 5) is 33.2. The minimum Gasteiger partial charge on any atom is -0.338 e. The van der Waals surface area contributed by atoms with Gasteiger partial charge in [0.15, 0.2) is 5.16 Å². The summed E-state index contributed by atoms with van der Waals surface area (Å²) < 4.78 is 0. The third kappa shape index (κ3) is 3.62. The average molecular weight is 335 g/mol. The van der Waals surface area contributed by atoms with E-state index < -0.39 is 0 Å². The molecule has 126 valence electrons. The highest BCUT2D eigenvalue weighted by atomic mass is 32.2. The van der Waals surface area contributed by atoms with Crippen LogP contribution in [0.5, 0.6) is 0 Å². The molecule has 6 heteroatoms.